The van der Waals surface area contributed by atoms with Gasteiger partial charge < -0.3 is 16.4 Å². The summed E-state index contributed by atoms with van der Waals surface area (Å²) >= 11 is 0. The Morgan fingerprint density at radius 3 is 2.08 bits per heavy atom. The Kier molecular flexibility index (Phi) is 11.2. The van der Waals surface area contributed by atoms with Gasteiger partial charge in [0.1, 0.15) is 12.1 Å². The molecule has 150 valence electrons. The minimum Gasteiger partial charge on any atom is -0.368 e. The maximum Gasteiger partial charge on any atom is 0.244 e. The van der Waals surface area contributed by atoms with Gasteiger partial charge in [0.25, 0.3) is 0 Å². The van der Waals surface area contributed by atoms with Crippen LogP contribution in [0.2, 0.25) is 0 Å². The Morgan fingerprint density at radius 1 is 1.00 bits per heavy atom. The monoisotopic (exact) mass is 372 g/mol. The van der Waals surface area contributed by atoms with Gasteiger partial charge in [0, 0.05) is 12.3 Å². The van der Waals surface area contributed by atoms with E-state index in [1.165, 1.54) is 12.4 Å². The number of rotatable bonds is 12. The third-order valence-electron chi connectivity index (χ3n) is 4.12. The van der Waals surface area contributed by atoms with Crippen LogP contribution in [-0.2, 0) is 19.2 Å². The number of amides is 4. The molecular weight excluding hydrogens is 340 g/mol. The van der Waals surface area contributed by atoms with Crippen molar-refractivity contribution in [1.29, 1.82) is 0 Å². The Labute approximate surface area is 154 Å². The molecule has 0 aromatic heterocycles. The van der Waals surface area contributed by atoms with E-state index in [1.807, 2.05) is 6.92 Å². The quantitative estimate of drug-likeness (QED) is 0.188. The van der Waals surface area contributed by atoms with E-state index in [4.69, 9.17) is 10.9 Å². The number of nitrogens with two attached hydrogens (primary N) is 1. The fourth-order valence-electron chi connectivity index (χ4n) is 2.42. The van der Waals surface area contributed by atoms with E-state index < -0.39 is 41.6 Å². The van der Waals surface area contributed by atoms with Crippen LogP contribution in [0, 0.1) is 11.8 Å². The summed E-state index contributed by atoms with van der Waals surface area (Å²) in [6.07, 6.45) is 2.93. The average Bonchev–Trinajstić information content (AvgIpc) is 2.57. The molecule has 3 unspecified atom stereocenters. The van der Waals surface area contributed by atoms with Crippen molar-refractivity contribution >= 4 is 23.6 Å². The van der Waals surface area contributed by atoms with Gasteiger partial charge in [-0.25, -0.2) is 5.48 Å². The second kappa shape index (κ2) is 12.2. The number of hydrogen-bond donors (Lipinski definition) is 5. The van der Waals surface area contributed by atoms with Gasteiger partial charge in [-0.2, -0.15) is 0 Å². The molecule has 0 aliphatic heterocycles. The van der Waals surface area contributed by atoms with Gasteiger partial charge in [0.15, 0.2) is 0 Å². The van der Waals surface area contributed by atoms with Gasteiger partial charge in [0.05, 0.1) is 0 Å². The van der Waals surface area contributed by atoms with Crippen LogP contribution in [0.15, 0.2) is 0 Å². The van der Waals surface area contributed by atoms with Crippen LogP contribution in [0.4, 0.5) is 0 Å². The molecule has 9 heteroatoms. The zero-order valence-electron chi connectivity index (χ0n) is 16.0. The van der Waals surface area contributed by atoms with Crippen LogP contribution in [0.5, 0.6) is 0 Å². The molecule has 0 aromatic carbocycles. The van der Waals surface area contributed by atoms with Gasteiger partial charge in [-0.05, 0) is 19.3 Å². The smallest absolute Gasteiger partial charge is 0.244 e. The molecular formula is C17H32N4O5. The van der Waals surface area contributed by atoms with Gasteiger partial charge >= 0.3 is 0 Å². The van der Waals surface area contributed by atoms with E-state index >= 15 is 0 Å². The molecule has 0 saturated heterocycles. The highest BCUT2D eigenvalue weighted by atomic mass is 16.5. The van der Waals surface area contributed by atoms with Crippen molar-refractivity contribution in [1.82, 2.24) is 16.1 Å². The number of hydrogen-bond acceptors (Lipinski definition) is 5. The van der Waals surface area contributed by atoms with E-state index in [9.17, 15) is 19.2 Å². The van der Waals surface area contributed by atoms with E-state index in [0.29, 0.717) is 6.42 Å². The summed E-state index contributed by atoms with van der Waals surface area (Å²) in [6.45, 7) is 6.99. The number of primary amides is 1. The first-order valence-corrected chi connectivity index (χ1v) is 8.96. The zero-order valence-corrected chi connectivity index (χ0v) is 16.0. The van der Waals surface area contributed by atoms with Crippen molar-refractivity contribution in [3.05, 3.63) is 0 Å². The molecule has 0 fully saturated rings. The minimum atomic E-state index is -0.866. The minimum absolute atomic E-state index is 0.170. The summed E-state index contributed by atoms with van der Waals surface area (Å²) in [5, 5.41) is 13.8. The first kappa shape index (κ1) is 23.8. The third-order valence-corrected chi connectivity index (χ3v) is 4.12. The molecule has 0 saturated carbocycles. The highest BCUT2D eigenvalue weighted by molar-refractivity contribution is 5.93. The highest BCUT2D eigenvalue weighted by Crippen LogP contribution is 2.15. The Morgan fingerprint density at radius 2 is 1.62 bits per heavy atom. The molecule has 4 amide bonds. The van der Waals surface area contributed by atoms with E-state index in [2.05, 4.69) is 10.6 Å². The first-order chi connectivity index (χ1) is 12.1. The van der Waals surface area contributed by atoms with Crippen molar-refractivity contribution < 1.29 is 24.4 Å². The first-order valence-electron chi connectivity index (χ1n) is 8.96. The summed E-state index contributed by atoms with van der Waals surface area (Å²) in [4.78, 5) is 47.5. The van der Waals surface area contributed by atoms with Gasteiger partial charge in [-0.3, -0.25) is 24.4 Å². The summed E-state index contributed by atoms with van der Waals surface area (Å²) in [6, 6.07) is -1.73. The highest BCUT2D eigenvalue weighted by Gasteiger charge is 2.30. The maximum absolute atomic E-state index is 12.6. The van der Waals surface area contributed by atoms with Crippen LogP contribution in [0.3, 0.4) is 0 Å². The van der Waals surface area contributed by atoms with Crippen LogP contribution in [0.25, 0.3) is 0 Å². The van der Waals surface area contributed by atoms with E-state index in [0.717, 1.165) is 19.3 Å². The normalized spacial score (nSPS) is 14.2. The molecule has 26 heavy (non-hydrogen) atoms. The lowest BCUT2D eigenvalue weighted by molar-refractivity contribution is -0.137. The molecule has 0 spiro atoms. The maximum atomic E-state index is 12.6. The summed E-state index contributed by atoms with van der Waals surface area (Å²) < 4.78 is 0. The molecule has 0 aromatic rings. The second-order valence-electron chi connectivity index (χ2n) is 6.79. The van der Waals surface area contributed by atoms with Gasteiger partial charge in [-0.15, -0.1) is 0 Å². The molecule has 0 aliphatic rings. The fraction of sp³-hybridized carbons (Fsp3) is 0.765. The van der Waals surface area contributed by atoms with Crippen molar-refractivity contribution in [2.75, 3.05) is 0 Å². The second-order valence-corrected chi connectivity index (χ2v) is 6.79. The largest absolute Gasteiger partial charge is 0.368 e. The summed E-state index contributed by atoms with van der Waals surface area (Å²) in [5.74, 6) is -3.18. The molecule has 0 radical (unpaired) electrons. The standard InChI is InChI=1S/C17H32N4O5/c1-5-6-7-8-12(9-13(22)21-26)16(24)20-14(10(2)3)17(25)19-11(4)15(18)23/h10-12,14,26H,5-9H2,1-4H3,(H2,18,23)(H,19,25)(H,20,24)(H,21,22). The van der Waals surface area contributed by atoms with Crippen molar-refractivity contribution in [3.8, 4) is 0 Å². The predicted molar refractivity (Wildman–Crippen MR) is 95.7 cm³/mol. The van der Waals surface area contributed by atoms with E-state index in [1.54, 1.807) is 13.8 Å². The molecule has 0 heterocycles. The van der Waals surface area contributed by atoms with Gasteiger partial charge in [0.2, 0.25) is 23.6 Å². The van der Waals surface area contributed by atoms with Crippen LogP contribution in [0.1, 0.15) is 59.8 Å². The molecule has 9 nitrogen and oxygen atoms in total. The Balaban J connectivity index is 5.06. The van der Waals surface area contributed by atoms with Crippen molar-refractivity contribution in [2.45, 2.75) is 71.9 Å². The number of hydroxylamine groups is 1. The Bertz CT molecular complexity index is 496. The fourth-order valence-corrected chi connectivity index (χ4v) is 2.42. The van der Waals surface area contributed by atoms with Crippen LogP contribution >= 0.6 is 0 Å². The lowest BCUT2D eigenvalue weighted by Gasteiger charge is -2.25. The van der Waals surface area contributed by atoms with Crippen LogP contribution in [-0.4, -0.2) is 40.9 Å². The number of unbranched alkanes of at least 4 members (excludes halogenated alkanes) is 2. The van der Waals surface area contributed by atoms with Crippen molar-refractivity contribution in [2.24, 2.45) is 17.6 Å². The lowest BCUT2D eigenvalue weighted by Crippen LogP contribution is -2.55. The molecule has 0 bridgehead atoms. The molecule has 0 rings (SSSR count). The molecule has 3 atom stereocenters. The predicted octanol–water partition coefficient (Wildman–Crippen LogP) is 0.209. The van der Waals surface area contributed by atoms with Gasteiger partial charge in [-0.1, -0.05) is 40.0 Å². The number of nitrogens with one attached hydrogen (secondary N) is 3. The number of carbonyl (C=O) groups excluding carboxylic acids is 4. The molecule has 0 aliphatic carbocycles. The van der Waals surface area contributed by atoms with Crippen LogP contribution < -0.4 is 21.8 Å². The third kappa shape index (κ3) is 8.80. The summed E-state index contributed by atoms with van der Waals surface area (Å²) in [7, 11) is 0. The topological polar surface area (TPSA) is 151 Å². The number of carbonyl (C=O) groups is 4. The van der Waals surface area contributed by atoms with Crippen molar-refractivity contribution in [3.63, 3.8) is 0 Å². The SMILES string of the molecule is CCCCCC(CC(=O)NO)C(=O)NC(C(=O)NC(C)C(N)=O)C(C)C. The molecule has 6 N–H and O–H groups in total. The van der Waals surface area contributed by atoms with E-state index in [-0.39, 0.29) is 12.3 Å². The lowest BCUT2D eigenvalue weighted by atomic mass is 9.94. The Hall–Kier alpha value is -2.16. The zero-order chi connectivity index (χ0) is 20.3. The summed E-state index contributed by atoms with van der Waals surface area (Å²) in [5.41, 5.74) is 6.67. The average molecular weight is 372 g/mol.